The van der Waals surface area contributed by atoms with E-state index in [-0.39, 0.29) is 17.9 Å². The first-order chi connectivity index (χ1) is 7.65. The predicted octanol–water partition coefficient (Wildman–Crippen LogP) is 1.81. The van der Waals surface area contributed by atoms with E-state index in [1.807, 2.05) is 0 Å². The summed E-state index contributed by atoms with van der Waals surface area (Å²) in [5.41, 5.74) is 5.91. The van der Waals surface area contributed by atoms with Crippen LogP contribution in [0.4, 0.5) is 0 Å². The first-order valence-corrected chi connectivity index (χ1v) is 6.71. The number of hydrogen-bond donors (Lipinski definition) is 2. The minimum Gasteiger partial charge on any atom is -0.353 e. The quantitative estimate of drug-likeness (QED) is 0.751. The average molecular weight is 224 g/mol. The van der Waals surface area contributed by atoms with E-state index in [1.165, 1.54) is 6.42 Å². The summed E-state index contributed by atoms with van der Waals surface area (Å²) >= 11 is 0. The van der Waals surface area contributed by atoms with Gasteiger partial charge in [-0.25, -0.2) is 0 Å². The molecule has 2 aliphatic carbocycles. The van der Waals surface area contributed by atoms with E-state index in [0.29, 0.717) is 6.04 Å². The van der Waals surface area contributed by atoms with E-state index in [2.05, 4.69) is 12.2 Å². The number of amides is 1. The van der Waals surface area contributed by atoms with E-state index in [0.717, 1.165) is 44.4 Å². The van der Waals surface area contributed by atoms with Crippen molar-refractivity contribution in [3.8, 4) is 0 Å². The Morgan fingerprint density at radius 3 is 2.62 bits per heavy atom. The Labute approximate surface area is 98.2 Å². The highest BCUT2D eigenvalue weighted by atomic mass is 16.1. The molecular formula is C13H24N2O. The van der Waals surface area contributed by atoms with E-state index in [1.54, 1.807) is 0 Å². The Morgan fingerprint density at radius 1 is 1.19 bits per heavy atom. The highest BCUT2D eigenvalue weighted by Gasteiger charge is 2.28. The van der Waals surface area contributed by atoms with Crippen LogP contribution in [-0.2, 0) is 4.79 Å². The lowest BCUT2D eigenvalue weighted by atomic mass is 9.85. The zero-order valence-electron chi connectivity index (χ0n) is 10.2. The fraction of sp³-hybridized carbons (Fsp3) is 0.923. The zero-order chi connectivity index (χ0) is 11.5. The highest BCUT2D eigenvalue weighted by Crippen LogP contribution is 2.27. The maximum Gasteiger partial charge on any atom is 0.223 e. The molecule has 4 atom stereocenters. The topological polar surface area (TPSA) is 55.1 Å². The molecule has 3 nitrogen and oxygen atoms in total. The largest absolute Gasteiger partial charge is 0.353 e. The van der Waals surface area contributed by atoms with Crippen LogP contribution in [0, 0.1) is 11.8 Å². The summed E-state index contributed by atoms with van der Waals surface area (Å²) < 4.78 is 0. The van der Waals surface area contributed by atoms with Crippen molar-refractivity contribution in [2.45, 2.75) is 64.0 Å². The van der Waals surface area contributed by atoms with Gasteiger partial charge in [0.25, 0.3) is 0 Å². The molecule has 0 heterocycles. The molecule has 3 heteroatoms. The van der Waals surface area contributed by atoms with Crippen molar-refractivity contribution in [2.24, 2.45) is 17.6 Å². The van der Waals surface area contributed by atoms with Crippen LogP contribution < -0.4 is 11.1 Å². The van der Waals surface area contributed by atoms with Gasteiger partial charge in [-0.1, -0.05) is 13.3 Å². The first-order valence-electron chi connectivity index (χ1n) is 6.71. The lowest BCUT2D eigenvalue weighted by Gasteiger charge is -2.27. The van der Waals surface area contributed by atoms with Crippen molar-refractivity contribution in [1.29, 1.82) is 0 Å². The fourth-order valence-corrected chi connectivity index (χ4v) is 3.12. The van der Waals surface area contributed by atoms with E-state index >= 15 is 0 Å². The molecule has 0 bridgehead atoms. The number of carbonyl (C=O) groups excluding carboxylic acids is 1. The summed E-state index contributed by atoms with van der Waals surface area (Å²) in [6.07, 6.45) is 7.69. The Balaban J connectivity index is 1.78. The van der Waals surface area contributed by atoms with Crippen molar-refractivity contribution >= 4 is 5.91 Å². The lowest BCUT2D eigenvalue weighted by Crippen LogP contribution is -2.41. The third kappa shape index (κ3) is 2.97. The first kappa shape index (κ1) is 11.9. The third-order valence-corrected chi connectivity index (χ3v) is 4.13. The van der Waals surface area contributed by atoms with Crippen molar-refractivity contribution < 1.29 is 4.79 Å². The molecule has 0 aromatic heterocycles. The van der Waals surface area contributed by atoms with Gasteiger partial charge in [0.15, 0.2) is 0 Å². The van der Waals surface area contributed by atoms with Crippen LogP contribution in [0.15, 0.2) is 0 Å². The summed E-state index contributed by atoms with van der Waals surface area (Å²) in [5, 5.41) is 3.21. The van der Waals surface area contributed by atoms with Gasteiger partial charge < -0.3 is 11.1 Å². The monoisotopic (exact) mass is 224 g/mol. The van der Waals surface area contributed by atoms with Crippen LogP contribution in [-0.4, -0.2) is 18.0 Å². The molecule has 92 valence electrons. The minimum atomic E-state index is 0.180. The van der Waals surface area contributed by atoms with Crippen LogP contribution >= 0.6 is 0 Å². The van der Waals surface area contributed by atoms with E-state index in [4.69, 9.17) is 5.73 Å². The molecule has 2 rings (SSSR count). The molecule has 0 radical (unpaired) electrons. The van der Waals surface area contributed by atoms with Gasteiger partial charge >= 0.3 is 0 Å². The molecule has 1 amide bonds. The van der Waals surface area contributed by atoms with Crippen LogP contribution in [0.1, 0.15) is 51.9 Å². The Kier molecular flexibility index (Phi) is 3.85. The van der Waals surface area contributed by atoms with Gasteiger partial charge in [-0.3, -0.25) is 4.79 Å². The van der Waals surface area contributed by atoms with E-state index < -0.39 is 0 Å². The molecule has 0 aromatic rings. The van der Waals surface area contributed by atoms with Gasteiger partial charge in [-0.2, -0.15) is 0 Å². The van der Waals surface area contributed by atoms with Gasteiger partial charge in [-0.15, -0.1) is 0 Å². The second-order valence-corrected chi connectivity index (χ2v) is 5.75. The average Bonchev–Trinajstić information content (AvgIpc) is 2.64. The summed E-state index contributed by atoms with van der Waals surface area (Å²) in [4.78, 5) is 12.0. The molecule has 0 saturated heterocycles. The summed E-state index contributed by atoms with van der Waals surface area (Å²) in [5.74, 6) is 1.22. The van der Waals surface area contributed by atoms with Gasteiger partial charge in [0.1, 0.15) is 0 Å². The fourth-order valence-electron chi connectivity index (χ4n) is 3.12. The second kappa shape index (κ2) is 5.17. The molecule has 0 aromatic carbocycles. The van der Waals surface area contributed by atoms with Crippen molar-refractivity contribution in [3.63, 3.8) is 0 Å². The molecule has 0 aliphatic heterocycles. The number of rotatable bonds is 2. The SMILES string of the molecule is CC1CCC(NC(=O)C2CCCC(N)C2)C1. The van der Waals surface area contributed by atoms with Crippen molar-refractivity contribution in [3.05, 3.63) is 0 Å². The van der Waals surface area contributed by atoms with Crippen LogP contribution in [0.3, 0.4) is 0 Å². The van der Waals surface area contributed by atoms with Gasteiger partial charge in [0.2, 0.25) is 5.91 Å². The molecule has 2 saturated carbocycles. The maximum atomic E-state index is 12.0. The smallest absolute Gasteiger partial charge is 0.223 e. The third-order valence-electron chi connectivity index (χ3n) is 4.13. The molecule has 4 unspecified atom stereocenters. The summed E-state index contributed by atoms with van der Waals surface area (Å²) in [6, 6.07) is 0.674. The summed E-state index contributed by atoms with van der Waals surface area (Å²) in [7, 11) is 0. The van der Waals surface area contributed by atoms with Crippen LogP contribution in [0.25, 0.3) is 0 Å². The maximum absolute atomic E-state index is 12.0. The number of carbonyl (C=O) groups is 1. The highest BCUT2D eigenvalue weighted by molar-refractivity contribution is 5.79. The molecule has 0 spiro atoms. The van der Waals surface area contributed by atoms with Gasteiger partial charge in [-0.05, 0) is 44.4 Å². The zero-order valence-corrected chi connectivity index (χ0v) is 10.2. The number of hydrogen-bond acceptors (Lipinski definition) is 2. The van der Waals surface area contributed by atoms with Crippen molar-refractivity contribution in [2.75, 3.05) is 0 Å². The van der Waals surface area contributed by atoms with Gasteiger partial charge in [0.05, 0.1) is 0 Å². The Hall–Kier alpha value is -0.570. The van der Waals surface area contributed by atoms with Crippen molar-refractivity contribution in [1.82, 2.24) is 5.32 Å². The molecule has 2 fully saturated rings. The van der Waals surface area contributed by atoms with Gasteiger partial charge in [0, 0.05) is 18.0 Å². The Morgan fingerprint density at radius 2 is 2.00 bits per heavy atom. The predicted molar refractivity (Wildman–Crippen MR) is 64.9 cm³/mol. The summed E-state index contributed by atoms with van der Waals surface area (Å²) in [6.45, 7) is 2.27. The number of nitrogens with one attached hydrogen (secondary N) is 1. The van der Waals surface area contributed by atoms with Crippen LogP contribution in [0.2, 0.25) is 0 Å². The Bertz CT molecular complexity index is 254. The lowest BCUT2D eigenvalue weighted by molar-refractivity contribution is -0.126. The molecule has 2 aliphatic rings. The molecular weight excluding hydrogens is 200 g/mol. The standard InChI is InChI=1S/C13H24N2O/c1-9-5-6-12(7-9)15-13(16)10-3-2-4-11(14)8-10/h9-12H,2-8,14H2,1H3,(H,15,16). The normalized spacial score (nSPS) is 39.6. The molecule has 3 N–H and O–H groups in total. The molecule has 16 heavy (non-hydrogen) atoms. The van der Waals surface area contributed by atoms with Crippen LogP contribution in [0.5, 0.6) is 0 Å². The second-order valence-electron chi connectivity index (χ2n) is 5.75. The van der Waals surface area contributed by atoms with E-state index in [9.17, 15) is 4.79 Å². The minimum absolute atomic E-state index is 0.180. The number of nitrogens with two attached hydrogens (primary N) is 1.